The lowest BCUT2D eigenvalue weighted by molar-refractivity contribution is -0.121. The Bertz CT molecular complexity index is 1620. The monoisotopic (exact) mass is 884 g/mol. The number of carbonyl (C=O) groups is 3. The van der Waals surface area contributed by atoms with E-state index in [0.29, 0.717) is 0 Å². The number of carbonyl (C=O) groups excluding carboxylic acids is 3. The van der Waals surface area contributed by atoms with Crippen molar-refractivity contribution in [2.24, 2.45) is 0 Å². The molecule has 2 rings (SSSR count). The van der Waals surface area contributed by atoms with Crippen LogP contribution in [0, 0.1) is 0 Å². The summed E-state index contributed by atoms with van der Waals surface area (Å²) in [5, 5.41) is 4.73. The van der Waals surface area contributed by atoms with Crippen LogP contribution in [0.4, 0.5) is 13.6 Å². The Kier molecular flexibility index (Phi) is 19.7. The van der Waals surface area contributed by atoms with Crippen LogP contribution in [0.1, 0.15) is 36.8 Å². The molecule has 6 atom stereocenters. The van der Waals surface area contributed by atoms with E-state index in [0.717, 1.165) is 12.5 Å². The number of halogens is 6. The summed E-state index contributed by atoms with van der Waals surface area (Å²) in [6.07, 6.45) is -2.34. The van der Waals surface area contributed by atoms with Gasteiger partial charge in [0.05, 0.1) is 35.1 Å². The van der Waals surface area contributed by atoms with Crippen molar-refractivity contribution in [3.05, 3.63) is 59.7 Å². The molecule has 0 fully saturated rings. The van der Waals surface area contributed by atoms with Crippen LogP contribution in [0.5, 0.6) is 0 Å². The molecule has 2 aromatic rings. The lowest BCUT2D eigenvalue weighted by atomic mass is 9.86. The Balaban J connectivity index is 2.68. The largest absolute Gasteiger partial charge is 0.509 e. The fourth-order valence-electron chi connectivity index (χ4n) is 5.39. The highest BCUT2D eigenvalue weighted by Gasteiger charge is 2.40. The van der Waals surface area contributed by atoms with E-state index in [-0.39, 0.29) is 34.1 Å². The molecule has 2 amide bonds. The minimum atomic E-state index is -3.66. The summed E-state index contributed by atoms with van der Waals surface area (Å²) in [7, 11) is -7.31. The lowest BCUT2D eigenvalue weighted by Gasteiger charge is -2.35. The third kappa shape index (κ3) is 14.5. The van der Waals surface area contributed by atoms with E-state index < -0.39 is 110 Å². The first-order chi connectivity index (χ1) is 25.3. The summed E-state index contributed by atoms with van der Waals surface area (Å²) in [6.45, 7) is 0.140. The Labute approximate surface area is 333 Å². The number of hydrogen-bond donors (Lipinski definition) is 2. The molecule has 0 aromatic heterocycles. The molecule has 0 heterocycles. The van der Waals surface area contributed by atoms with E-state index >= 15 is 0 Å². The molecular formula is C33H42Cl4F2N2O11S2. The van der Waals surface area contributed by atoms with Crippen molar-refractivity contribution < 1.29 is 58.9 Å². The Morgan fingerprint density at radius 3 is 1.19 bits per heavy atom. The summed E-state index contributed by atoms with van der Waals surface area (Å²) in [4.78, 5) is 35.4. The average molecular weight is 887 g/mol. The van der Waals surface area contributed by atoms with Crippen LogP contribution in [-0.2, 0) is 48.2 Å². The molecule has 0 aliphatic carbocycles. The molecule has 13 nitrogen and oxygen atoms in total. The van der Waals surface area contributed by atoms with E-state index in [9.17, 15) is 40.0 Å². The van der Waals surface area contributed by atoms with Gasteiger partial charge in [-0.1, -0.05) is 70.7 Å². The van der Waals surface area contributed by atoms with Crippen LogP contribution in [0.2, 0.25) is 0 Å². The maximum Gasteiger partial charge on any atom is 0.509 e. The van der Waals surface area contributed by atoms with E-state index in [1.54, 1.807) is 13.8 Å². The zero-order valence-electron chi connectivity index (χ0n) is 29.6. The summed E-state index contributed by atoms with van der Waals surface area (Å²) >= 11 is 22.9. The minimum Gasteiger partial charge on any atom is -0.428 e. The highest BCUT2D eigenvalue weighted by molar-refractivity contribution is 7.91. The van der Waals surface area contributed by atoms with Crippen LogP contribution in [0.15, 0.2) is 58.3 Å². The van der Waals surface area contributed by atoms with Crippen molar-refractivity contribution in [2.45, 2.75) is 69.4 Å². The molecule has 2 N–H and O–H groups in total. The van der Waals surface area contributed by atoms with Crippen LogP contribution in [0.25, 0.3) is 0 Å². The topological polar surface area (TPSA) is 180 Å². The van der Waals surface area contributed by atoms with E-state index in [2.05, 4.69) is 10.6 Å². The van der Waals surface area contributed by atoms with Crippen molar-refractivity contribution in [1.82, 2.24) is 10.6 Å². The van der Waals surface area contributed by atoms with Gasteiger partial charge in [0, 0.05) is 37.6 Å². The van der Waals surface area contributed by atoms with E-state index in [1.807, 2.05) is 0 Å². The number of alkyl halides is 6. The zero-order chi connectivity index (χ0) is 40.8. The predicted octanol–water partition coefficient (Wildman–Crippen LogP) is 4.84. The third-order valence-electron chi connectivity index (χ3n) is 7.91. The number of hydrogen-bond acceptors (Lipinski definition) is 11. The second-order valence-electron chi connectivity index (χ2n) is 11.8. The first kappa shape index (κ1) is 47.6. The van der Waals surface area contributed by atoms with Gasteiger partial charge in [0.1, 0.15) is 25.6 Å². The standard InChI is InChI=1S/C33H42Cl4F2N2O11S2/c1-5-49-17-25(27(23(15-38)40-31(42)29(34)35)19-7-11-21(12-8-19)53(3,45)46)51-33(44)52-26(18-50-6-2)28(24(16-39)41-32(43)30(36)37)20-9-13-22(14-10-20)54(4,47)48/h7-14,23-30H,5-6,15-18H2,1-4H3,(H,40,42)(H,41,43)/t23?,24?,25-,26-,27?,28?/m0/s1. The molecule has 4 unspecified atom stereocenters. The normalized spacial score (nSPS) is 15.5. The Morgan fingerprint density at radius 2 is 0.944 bits per heavy atom. The maximum absolute atomic E-state index is 14.8. The predicted molar refractivity (Wildman–Crippen MR) is 200 cm³/mol. The Hall–Kier alpha value is -2.51. The SMILES string of the molecule is CCOC[C@H](OC(=O)O[C@@H](COCC)C(c1ccc(S(C)(=O)=O)cc1)C(CF)NC(=O)C(Cl)Cl)C(c1ccc(S(C)(=O)=O)cc1)C(CF)NC(=O)C(Cl)Cl. The Morgan fingerprint density at radius 1 is 0.630 bits per heavy atom. The quantitative estimate of drug-likeness (QED) is 0.122. The third-order valence-corrected chi connectivity index (χ3v) is 11.0. The summed E-state index contributed by atoms with van der Waals surface area (Å²) in [6, 6.07) is 7.39. The van der Waals surface area contributed by atoms with Crippen molar-refractivity contribution in [3.8, 4) is 0 Å². The molecule has 0 aliphatic rings. The van der Waals surface area contributed by atoms with Crippen LogP contribution in [0.3, 0.4) is 0 Å². The fraction of sp³-hybridized carbons (Fsp3) is 0.545. The molecule has 304 valence electrons. The maximum atomic E-state index is 14.8. The summed E-state index contributed by atoms with van der Waals surface area (Å²) < 4.78 is 101. The van der Waals surface area contributed by atoms with Gasteiger partial charge in [-0.3, -0.25) is 9.59 Å². The number of ether oxygens (including phenoxy) is 4. The zero-order valence-corrected chi connectivity index (χ0v) is 34.2. The van der Waals surface area contributed by atoms with Crippen molar-refractivity contribution in [1.29, 1.82) is 0 Å². The molecule has 0 aliphatic heterocycles. The van der Waals surface area contributed by atoms with Gasteiger partial charge >= 0.3 is 6.16 Å². The molecule has 21 heteroatoms. The number of amides is 2. The van der Waals surface area contributed by atoms with Crippen molar-refractivity contribution in [3.63, 3.8) is 0 Å². The first-order valence-corrected chi connectivity index (χ1v) is 21.7. The number of nitrogens with one attached hydrogen (secondary N) is 2. The van der Waals surface area contributed by atoms with Gasteiger partial charge in [-0.15, -0.1) is 0 Å². The average Bonchev–Trinajstić information content (AvgIpc) is 3.11. The molecule has 0 saturated carbocycles. The molecule has 0 saturated heterocycles. The van der Waals surface area contributed by atoms with Gasteiger partial charge in [-0.05, 0) is 49.2 Å². The van der Waals surface area contributed by atoms with Gasteiger partial charge in [-0.2, -0.15) is 0 Å². The lowest BCUT2D eigenvalue weighted by Crippen LogP contribution is -2.50. The van der Waals surface area contributed by atoms with Crippen molar-refractivity contribution in [2.75, 3.05) is 52.3 Å². The van der Waals surface area contributed by atoms with E-state index in [4.69, 9.17) is 65.4 Å². The van der Waals surface area contributed by atoms with Crippen LogP contribution < -0.4 is 10.6 Å². The molecular weight excluding hydrogens is 844 g/mol. The van der Waals surface area contributed by atoms with Gasteiger partial charge in [0.25, 0.3) is 11.8 Å². The van der Waals surface area contributed by atoms with Gasteiger partial charge in [-0.25, -0.2) is 30.4 Å². The van der Waals surface area contributed by atoms with Crippen LogP contribution in [-0.4, -0.2) is 121 Å². The molecule has 2 aromatic carbocycles. The molecule has 0 spiro atoms. The van der Waals surface area contributed by atoms with Crippen LogP contribution >= 0.6 is 46.4 Å². The highest BCUT2D eigenvalue weighted by Crippen LogP contribution is 2.32. The smallest absolute Gasteiger partial charge is 0.428 e. The van der Waals surface area contributed by atoms with Crippen molar-refractivity contribution >= 4 is 84.0 Å². The second kappa shape index (κ2) is 22.3. The summed E-state index contributed by atoms with van der Waals surface area (Å²) in [5.74, 6) is -4.50. The van der Waals surface area contributed by atoms with Gasteiger partial charge in [0.2, 0.25) is 0 Å². The highest BCUT2D eigenvalue weighted by atomic mass is 35.5. The molecule has 0 bridgehead atoms. The number of benzene rings is 2. The molecule has 0 radical (unpaired) electrons. The summed E-state index contributed by atoms with van der Waals surface area (Å²) in [5.41, 5.74) is 0.408. The second-order valence-corrected chi connectivity index (χ2v) is 18.0. The molecule has 54 heavy (non-hydrogen) atoms. The fourth-order valence-corrected chi connectivity index (χ4v) is 6.90. The number of rotatable bonds is 22. The first-order valence-electron chi connectivity index (χ1n) is 16.2. The number of sulfone groups is 2. The van der Waals surface area contributed by atoms with Gasteiger partial charge < -0.3 is 29.6 Å². The van der Waals surface area contributed by atoms with E-state index in [1.165, 1.54) is 48.5 Å². The van der Waals surface area contributed by atoms with Gasteiger partial charge in [0.15, 0.2) is 29.3 Å². The minimum absolute atomic E-state index is 0.0763.